The van der Waals surface area contributed by atoms with Crippen LogP contribution in [0, 0.1) is 19.8 Å². The normalized spacial score (nSPS) is 12.1. The summed E-state index contributed by atoms with van der Waals surface area (Å²) < 4.78 is 28.6. The van der Waals surface area contributed by atoms with E-state index in [1.165, 1.54) is 6.07 Å². The van der Waals surface area contributed by atoms with Gasteiger partial charge in [0, 0.05) is 27.1 Å². The van der Waals surface area contributed by atoms with Crippen LogP contribution in [0.4, 0.5) is 4.39 Å². The Morgan fingerprint density at radius 1 is 0.711 bits per heavy atom. The maximum atomic E-state index is 13.9. The SMILES string of the molecule is Cc1cc2c(oc3ccccc32)c(C)c1-n1c(-c2cccc3c2oc2nc(F)ccc23)nc2ccccc21. The summed E-state index contributed by atoms with van der Waals surface area (Å²) in [6.45, 7) is 4.22. The topological polar surface area (TPSA) is 57.0 Å². The van der Waals surface area contributed by atoms with E-state index >= 15 is 0 Å². The van der Waals surface area contributed by atoms with Crippen LogP contribution < -0.4 is 0 Å². The molecule has 0 saturated heterocycles. The first kappa shape index (κ1) is 21.1. The van der Waals surface area contributed by atoms with Gasteiger partial charge in [-0.1, -0.05) is 42.5 Å². The van der Waals surface area contributed by atoms with Gasteiger partial charge in [0.15, 0.2) is 0 Å². The number of halogens is 1. The number of para-hydroxylation sites is 4. The van der Waals surface area contributed by atoms with Crippen LogP contribution in [0.5, 0.6) is 0 Å². The number of hydrogen-bond acceptors (Lipinski definition) is 4. The molecule has 0 bridgehead atoms. The first-order chi connectivity index (χ1) is 18.6. The van der Waals surface area contributed by atoms with Crippen LogP contribution in [0.1, 0.15) is 11.1 Å². The Hall–Kier alpha value is -4.97. The molecule has 6 heteroatoms. The number of aryl methyl sites for hydroxylation is 2. The Labute approximate surface area is 215 Å². The van der Waals surface area contributed by atoms with Crippen molar-refractivity contribution in [1.82, 2.24) is 14.5 Å². The van der Waals surface area contributed by atoms with Crippen molar-refractivity contribution in [3.8, 4) is 17.1 Å². The summed E-state index contributed by atoms with van der Waals surface area (Å²) >= 11 is 0. The number of aromatic nitrogens is 3. The van der Waals surface area contributed by atoms with Crippen LogP contribution in [-0.4, -0.2) is 14.5 Å². The molecular weight excluding hydrogens is 477 g/mol. The molecule has 8 aromatic rings. The van der Waals surface area contributed by atoms with Crippen LogP contribution in [0.15, 0.2) is 93.8 Å². The second-order valence-corrected chi connectivity index (χ2v) is 9.67. The highest BCUT2D eigenvalue weighted by atomic mass is 19.1. The molecular formula is C32H20FN3O2. The van der Waals surface area contributed by atoms with Gasteiger partial charge in [-0.25, -0.2) is 4.98 Å². The highest BCUT2D eigenvalue weighted by Crippen LogP contribution is 2.41. The maximum absolute atomic E-state index is 13.9. The number of rotatable bonds is 2. The largest absolute Gasteiger partial charge is 0.456 e. The Morgan fingerprint density at radius 2 is 1.53 bits per heavy atom. The zero-order valence-electron chi connectivity index (χ0n) is 20.6. The number of pyridine rings is 1. The number of furan rings is 2. The Bertz CT molecular complexity index is 2240. The lowest BCUT2D eigenvalue weighted by molar-refractivity contribution is 0.569. The molecule has 0 radical (unpaired) electrons. The van der Waals surface area contributed by atoms with Crippen LogP contribution >= 0.6 is 0 Å². The van der Waals surface area contributed by atoms with Crippen LogP contribution in [0.25, 0.3) is 72.1 Å². The lowest BCUT2D eigenvalue weighted by Crippen LogP contribution is -2.03. The molecule has 0 fully saturated rings. The van der Waals surface area contributed by atoms with Gasteiger partial charge < -0.3 is 8.83 Å². The number of imidazole rings is 1. The van der Waals surface area contributed by atoms with E-state index in [1.807, 2.05) is 54.6 Å². The minimum atomic E-state index is -0.573. The van der Waals surface area contributed by atoms with Crippen molar-refractivity contribution in [3.05, 3.63) is 102 Å². The summed E-state index contributed by atoms with van der Waals surface area (Å²) in [4.78, 5) is 9.06. The number of fused-ring (bicyclic) bond motifs is 7. The third kappa shape index (κ3) is 2.80. The van der Waals surface area contributed by atoms with Crippen LogP contribution in [0.3, 0.4) is 0 Å². The first-order valence-corrected chi connectivity index (χ1v) is 12.5. The minimum absolute atomic E-state index is 0.270. The summed E-state index contributed by atoms with van der Waals surface area (Å²) in [5.41, 5.74) is 8.40. The third-order valence-corrected chi connectivity index (χ3v) is 7.42. The van der Waals surface area contributed by atoms with E-state index in [0.29, 0.717) is 5.58 Å². The highest BCUT2D eigenvalue weighted by Gasteiger charge is 2.23. The Balaban J connectivity index is 1.49. The Morgan fingerprint density at radius 3 is 2.45 bits per heavy atom. The fourth-order valence-corrected chi connectivity index (χ4v) is 5.78. The Kier molecular flexibility index (Phi) is 4.19. The smallest absolute Gasteiger partial charge is 0.229 e. The number of hydrogen-bond donors (Lipinski definition) is 0. The van der Waals surface area contributed by atoms with Gasteiger partial charge in [0.2, 0.25) is 11.7 Å². The molecule has 38 heavy (non-hydrogen) atoms. The van der Waals surface area contributed by atoms with Crippen molar-refractivity contribution in [2.24, 2.45) is 0 Å². The van der Waals surface area contributed by atoms with E-state index in [-0.39, 0.29) is 5.71 Å². The predicted octanol–water partition coefficient (Wildman–Crippen LogP) is 8.64. The molecule has 0 aliphatic heterocycles. The molecule has 5 nitrogen and oxygen atoms in total. The monoisotopic (exact) mass is 497 g/mol. The third-order valence-electron chi connectivity index (χ3n) is 7.42. The summed E-state index contributed by atoms with van der Waals surface area (Å²) in [5, 5.41) is 3.83. The molecule has 0 saturated carbocycles. The molecule has 182 valence electrons. The highest BCUT2D eigenvalue weighted by molar-refractivity contribution is 6.09. The van der Waals surface area contributed by atoms with Crippen molar-refractivity contribution < 1.29 is 13.2 Å². The van der Waals surface area contributed by atoms with Crippen molar-refractivity contribution in [3.63, 3.8) is 0 Å². The van der Waals surface area contributed by atoms with E-state index in [1.54, 1.807) is 6.07 Å². The van der Waals surface area contributed by atoms with E-state index in [2.05, 4.69) is 41.6 Å². The predicted molar refractivity (Wildman–Crippen MR) is 148 cm³/mol. The first-order valence-electron chi connectivity index (χ1n) is 12.5. The average molecular weight is 498 g/mol. The molecule has 4 aromatic carbocycles. The zero-order valence-corrected chi connectivity index (χ0v) is 20.6. The molecule has 4 aromatic heterocycles. The molecule has 8 rings (SSSR count). The standard InChI is InChI=1S/C32H20FN3O2/c1-17-16-23-19-8-3-6-13-26(19)37-29(23)18(2)28(17)36-25-12-5-4-11-24(25)34-31(36)22-10-7-9-20-21-14-15-27(33)35-32(21)38-30(20)22/h3-16H,1-2H3. The quantitative estimate of drug-likeness (QED) is 0.224. The molecule has 0 atom stereocenters. The maximum Gasteiger partial charge on any atom is 0.229 e. The summed E-state index contributed by atoms with van der Waals surface area (Å²) in [6.07, 6.45) is 0. The molecule has 0 aliphatic rings. The zero-order chi connectivity index (χ0) is 25.5. The van der Waals surface area contributed by atoms with Crippen molar-refractivity contribution in [2.45, 2.75) is 13.8 Å². The molecule has 0 N–H and O–H groups in total. The van der Waals surface area contributed by atoms with Gasteiger partial charge in [-0.2, -0.15) is 9.37 Å². The lowest BCUT2D eigenvalue weighted by Gasteiger charge is -2.16. The second-order valence-electron chi connectivity index (χ2n) is 9.67. The van der Waals surface area contributed by atoms with Gasteiger partial charge >= 0.3 is 0 Å². The van der Waals surface area contributed by atoms with Crippen molar-refractivity contribution >= 4 is 55.0 Å². The number of benzene rings is 4. The van der Waals surface area contributed by atoms with Gasteiger partial charge in [-0.15, -0.1) is 0 Å². The molecule has 0 aliphatic carbocycles. The summed E-state index contributed by atoms with van der Waals surface area (Å²) in [6, 6.07) is 27.4. The van der Waals surface area contributed by atoms with Crippen LogP contribution in [0.2, 0.25) is 0 Å². The minimum Gasteiger partial charge on any atom is -0.456 e. The van der Waals surface area contributed by atoms with Crippen molar-refractivity contribution in [2.75, 3.05) is 0 Å². The average Bonchev–Trinajstić information content (AvgIpc) is 3.60. The lowest BCUT2D eigenvalue weighted by atomic mass is 10.0. The van der Waals surface area contributed by atoms with Gasteiger partial charge in [0.1, 0.15) is 22.6 Å². The summed E-state index contributed by atoms with van der Waals surface area (Å²) in [7, 11) is 0. The molecule has 4 heterocycles. The van der Waals surface area contributed by atoms with Crippen LogP contribution in [-0.2, 0) is 0 Å². The van der Waals surface area contributed by atoms with Gasteiger partial charge in [-0.05, 0) is 61.9 Å². The summed E-state index contributed by atoms with van der Waals surface area (Å²) in [5.74, 6) is 0.161. The number of nitrogens with zero attached hydrogens (tertiary/aromatic N) is 3. The van der Waals surface area contributed by atoms with E-state index < -0.39 is 5.95 Å². The fourth-order valence-electron chi connectivity index (χ4n) is 5.78. The van der Waals surface area contributed by atoms with Gasteiger partial charge in [0.05, 0.1) is 22.3 Å². The van der Waals surface area contributed by atoms with Gasteiger partial charge in [0.25, 0.3) is 0 Å². The van der Waals surface area contributed by atoms with E-state index in [4.69, 9.17) is 13.8 Å². The van der Waals surface area contributed by atoms with E-state index in [9.17, 15) is 4.39 Å². The molecule has 0 amide bonds. The van der Waals surface area contributed by atoms with E-state index in [0.717, 1.165) is 71.9 Å². The second kappa shape index (κ2) is 7.52. The van der Waals surface area contributed by atoms with Gasteiger partial charge in [-0.3, -0.25) is 4.57 Å². The van der Waals surface area contributed by atoms with Crippen molar-refractivity contribution in [1.29, 1.82) is 0 Å². The molecule has 0 unspecified atom stereocenters. The fraction of sp³-hybridized carbons (Fsp3) is 0.0625. The molecule has 0 spiro atoms.